The van der Waals surface area contributed by atoms with Gasteiger partial charge < -0.3 is 10.6 Å². The molecule has 0 heterocycles. The van der Waals surface area contributed by atoms with Crippen molar-refractivity contribution in [1.29, 1.82) is 0 Å². The van der Waals surface area contributed by atoms with E-state index in [2.05, 4.69) is 36.4 Å². The summed E-state index contributed by atoms with van der Waals surface area (Å²) in [5.41, 5.74) is 0. The lowest BCUT2D eigenvalue weighted by Crippen LogP contribution is -2.38. The summed E-state index contributed by atoms with van der Waals surface area (Å²) >= 11 is 0. The zero-order chi connectivity index (χ0) is 11.8. The van der Waals surface area contributed by atoms with E-state index in [0.29, 0.717) is 0 Å². The maximum absolute atomic E-state index is 4.65. The van der Waals surface area contributed by atoms with Gasteiger partial charge in [0.25, 0.3) is 0 Å². The maximum Gasteiger partial charge on any atom is 0.191 e. The molecule has 0 aromatic heterocycles. The summed E-state index contributed by atoms with van der Waals surface area (Å²) in [7, 11) is 0. The van der Waals surface area contributed by atoms with E-state index < -0.39 is 0 Å². The average molecular weight is 353 g/mol. The lowest BCUT2D eigenvalue weighted by molar-refractivity contribution is 0.504. The highest BCUT2D eigenvalue weighted by molar-refractivity contribution is 14.0. The molecule has 3 nitrogen and oxygen atoms in total. The second-order valence-corrected chi connectivity index (χ2v) is 4.73. The third-order valence-electron chi connectivity index (χ3n) is 3.26. The lowest BCUT2D eigenvalue weighted by Gasteiger charge is -2.13. The van der Waals surface area contributed by atoms with Crippen LogP contribution in [0.2, 0.25) is 0 Å². The van der Waals surface area contributed by atoms with E-state index in [9.17, 15) is 0 Å². The van der Waals surface area contributed by atoms with Gasteiger partial charge in [0, 0.05) is 19.6 Å². The first kappa shape index (κ1) is 17.0. The largest absolute Gasteiger partial charge is 0.357 e. The molecule has 1 aliphatic carbocycles. The molecule has 0 aromatic rings. The highest BCUT2D eigenvalue weighted by Crippen LogP contribution is 2.27. The van der Waals surface area contributed by atoms with Gasteiger partial charge in [0.15, 0.2) is 5.96 Å². The van der Waals surface area contributed by atoms with E-state index in [0.717, 1.165) is 37.4 Å². The van der Waals surface area contributed by atoms with Crippen LogP contribution in [0.15, 0.2) is 4.99 Å². The van der Waals surface area contributed by atoms with Crippen LogP contribution in [-0.2, 0) is 0 Å². The Morgan fingerprint density at radius 1 is 1.18 bits per heavy atom. The number of halogens is 1. The highest BCUT2D eigenvalue weighted by Gasteiger charge is 2.21. The van der Waals surface area contributed by atoms with Crippen LogP contribution in [0.25, 0.3) is 0 Å². The number of hydrogen-bond acceptors (Lipinski definition) is 1. The molecule has 1 aliphatic rings. The Labute approximate surface area is 123 Å². The number of aliphatic imine (C=N–C) groups is 1. The summed E-state index contributed by atoms with van der Waals surface area (Å²) in [6.45, 7) is 9.59. The first-order chi connectivity index (χ1) is 7.80. The van der Waals surface area contributed by atoms with Gasteiger partial charge in [0.1, 0.15) is 0 Å². The van der Waals surface area contributed by atoms with Gasteiger partial charge in [-0.2, -0.15) is 0 Å². The Balaban J connectivity index is 0.00000256. The van der Waals surface area contributed by atoms with Gasteiger partial charge in [-0.3, -0.25) is 4.99 Å². The van der Waals surface area contributed by atoms with Crippen LogP contribution in [0.1, 0.15) is 46.5 Å². The number of nitrogens with zero attached hydrogens (tertiary/aromatic N) is 1. The Bertz CT molecular complexity index is 211. The Kier molecular flexibility index (Phi) is 9.97. The molecule has 0 atom stereocenters. The maximum atomic E-state index is 4.65. The number of nitrogens with one attached hydrogen (secondary N) is 2. The van der Waals surface area contributed by atoms with E-state index in [4.69, 9.17) is 0 Å². The second kappa shape index (κ2) is 9.97. The van der Waals surface area contributed by atoms with Crippen molar-refractivity contribution in [3.05, 3.63) is 0 Å². The highest BCUT2D eigenvalue weighted by atomic mass is 127. The quantitative estimate of drug-likeness (QED) is 0.419. The predicted molar refractivity (Wildman–Crippen MR) is 86.2 cm³/mol. The molecular weight excluding hydrogens is 325 g/mol. The Hall–Kier alpha value is 0. The predicted octanol–water partition coefficient (Wildman–Crippen LogP) is 3.01. The minimum Gasteiger partial charge on any atom is -0.357 e. The normalized spacial score (nSPS) is 15.6. The van der Waals surface area contributed by atoms with Crippen molar-refractivity contribution in [1.82, 2.24) is 10.6 Å². The van der Waals surface area contributed by atoms with E-state index >= 15 is 0 Å². The molecule has 102 valence electrons. The fourth-order valence-corrected chi connectivity index (χ4v) is 1.67. The van der Waals surface area contributed by atoms with Crippen molar-refractivity contribution >= 4 is 29.9 Å². The molecule has 0 radical (unpaired) electrons. The molecule has 0 amide bonds. The molecule has 0 unspecified atom stereocenters. The Morgan fingerprint density at radius 3 is 2.29 bits per heavy atom. The first-order valence-corrected chi connectivity index (χ1v) is 6.82. The number of hydrogen-bond donors (Lipinski definition) is 2. The van der Waals surface area contributed by atoms with Gasteiger partial charge in [-0.1, -0.05) is 26.7 Å². The van der Waals surface area contributed by atoms with Crippen LogP contribution in [-0.4, -0.2) is 25.6 Å². The summed E-state index contributed by atoms with van der Waals surface area (Å²) in [5, 5.41) is 6.73. The molecule has 0 saturated heterocycles. The number of rotatable bonds is 7. The summed E-state index contributed by atoms with van der Waals surface area (Å²) < 4.78 is 0. The van der Waals surface area contributed by atoms with Crippen LogP contribution in [0.5, 0.6) is 0 Å². The molecule has 0 bridgehead atoms. The topological polar surface area (TPSA) is 36.4 Å². The smallest absolute Gasteiger partial charge is 0.191 e. The average Bonchev–Trinajstić information content (AvgIpc) is 3.11. The summed E-state index contributed by atoms with van der Waals surface area (Å²) in [6.07, 6.45) is 5.22. The molecule has 1 rings (SSSR count). The minimum absolute atomic E-state index is 0. The van der Waals surface area contributed by atoms with Gasteiger partial charge in [0.05, 0.1) is 0 Å². The second-order valence-electron chi connectivity index (χ2n) is 4.73. The summed E-state index contributed by atoms with van der Waals surface area (Å²) in [4.78, 5) is 4.65. The third-order valence-corrected chi connectivity index (χ3v) is 3.26. The zero-order valence-corrected chi connectivity index (χ0v) is 13.8. The summed E-state index contributed by atoms with van der Waals surface area (Å²) in [5.74, 6) is 2.63. The molecule has 0 aliphatic heterocycles. The monoisotopic (exact) mass is 353 g/mol. The van der Waals surface area contributed by atoms with E-state index in [1.165, 1.54) is 25.7 Å². The molecule has 0 aromatic carbocycles. The Morgan fingerprint density at radius 2 is 1.82 bits per heavy atom. The van der Waals surface area contributed by atoms with Crippen LogP contribution in [0, 0.1) is 11.8 Å². The molecule has 0 spiro atoms. The molecule has 1 saturated carbocycles. The fourth-order valence-electron chi connectivity index (χ4n) is 1.67. The van der Waals surface area contributed by atoms with Gasteiger partial charge in [-0.05, 0) is 31.6 Å². The van der Waals surface area contributed by atoms with Crippen molar-refractivity contribution in [2.45, 2.75) is 46.5 Å². The van der Waals surface area contributed by atoms with Crippen molar-refractivity contribution in [2.24, 2.45) is 16.8 Å². The molecule has 17 heavy (non-hydrogen) atoms. The van der Waals surface area contributed by atoms with Crippen molar-refractivity contribution in [3.63, 3.8) is 0 Å². The van der Waals surface area contributed by atoms with Gasteiger partial charge in [0.2, 0.25) is 0 Å². The summed E-state index contributed by atoms with van der Waals surface area (Å²) in [6, 6.07) is 0. The SMILES string of the molecule is CCNC(=NCC(CC)CC)NCC1CC1.I. The lowest BCUT2D eigenvalue weighted by atomic mass is 10.0. The standard InChI is InChI=1S/C13H27N3.HI/c1-4-11(5-2)9-15-13(14-6-3)16-10-12-7-8-12;/h11-12H,4-10H2,1-3H3,(H2,14,15,16);1H. The zero-order valence-electron chi connectivity index (χ0n) is 11.5. The van der Waals surface area contributed by atoms with Crippen molar-refractivity contribution < 1.29 is 0 Å². The van der Waals surface area contributed by atoms with Crippen LogP contribution in [0.4, 0.5) is 0 Å². The van der Waals surface area contributed by atoms with Gasteiger partial charge in [-0.15, -0.1) is 24.0 Å². The van der Waals surface area contributed by atoms with Gasteiger partial charge in [-0.25, -0.2) is 0 Å². The van der Waals surface area contributed by atoms with Gasteiger partial charge >= 0.3 is 0 Å². The van der Waals surface area contributed by atoms with Crippen LogP contribution in [0.3, 0.4) is 0 Å². The molecule has 1 fully saturated rings. The van der Waals surface area contributed by atoms with E-state index in [1.54, 1.807) is 0 Å². The van der Waals surface area contributed by atoms with Crippen molar-refractivity contribution in [2.75, 3.05) is 19.6 Å². The fraction of sp³-hybridized carbons (Fsp3) is 0.923. The molecule has 2 N–H and O–H groups in total. The minimum atomic E-state index is 0. The third kappa shape index (κ3) is 7.84. The molecular formula is C13H28IN3. The van der Waals surface area contributed by atoms with Crippen LogP contribution >= 0.6 is 24.0 Å². The van der Waals surface area contributed by atoms with Crippen molar-refractivity contribution in [3.8, 4) is 0 Å². The van der Waals surface area contributed by atoms with E-state index in [1.807, 2.05) is 0 Å². The van der Waals surface area contributed by atoms with E-state index in [-0.39, 0.29) is 24.0 Å². The first-order valence-electron chi connectivity index (χ1n) is 6.82. The number of guanidine groups is 1. The molecule has 4 heteroatoms. The van der Waals surface area contributed by atoms with Crippen LogP contribution < -0.4 is 10.6 Å².